The van der Waals surface area contributed by atoms with Crippen LogP contribution in [0, 0.1) is 18.3 Å². The number of nitrogens with zero attached hydrogens (tertiary/aromatic N) is 6. The third kappa shape index (κ3) is 15.5. The van der Waals surface area contributed by atoms with Gasteiger partial charge in [-0.15, -0.1) is 0 Å². The van der Waals surface area contributed by atoms with Crippen molar-refractivity contribution in [3.63, 3.8) is 0 Å². The monoisotopic (exact) mass is 1140 g/mol. The van der Waals surface area contributed by atoms with Crippen molar-refractivity contribution < 1.29 is 0 Å². The predicted octanol–water partition coefficient (Wildman–Crippen LogP) is 10.1. The van der Waals surface area contributed by atoms with Gasteiger partial charge in [-0.1, -0.05) is 84.5 Å². The number of H-pyrrole nitrogens is 4. The van der Waals surface area contributed by atoms with Crippen LogP contribution in [0.25, 0.3) is 27.1 Å². The molecule has 6 N–H and O–H groups in total. The Labute approximate surface area is 499 Å². The number of nitrogens with one attached hydrogen (secondary N) is 6. The average Bonchev–Trinajstić information content (AvgIpc) is 3.45. The number of aryl methyl sites for hydroxylation is 1. The van der Waals surface area contributed by atoms with Crippen LogP contribution in [0.15, 0.2) is 171 Å². The lowest BCUT2D eigenvalue weighted by Crippen LogP contribution is -2.33. The summed E-state index contributed by atoms with van der Waals surface area (Å²) in [4.78, 5) is 60.5. The Hall–Kier alpha value is -8.91. The zero-order chi connectivity index (χ0) is 60.3. The standard InChI is InChI=1S/C69H84N12O4/c1-8-78(58-34-36-61-63(47-58)67(84)75-73-65(61)82)43-14-12-39-71-41-45-80(10-3)56-28-22-52(23-29-56)60(51-20-18-50(5)19-21-51)17-16-38-69(49-70,53-24-30-55(31-25-53)77(6)7)54-26-32-57(33-27-54)81(11-4)46-42-72-40-13-15-44-79(9-2)59-35-37-62-64(48-59)68(85)76-74-66(62)83/h16-38,47-48,71-72H,8-15,39-46H2,1-7H3,(H,73,82)(H,74,83)(H,75,84)(H,76,85). The smallest absolute Gasteiger partial charge is 0.270 e. The van der Waals surface area contributed by atoms with Crippen molar-refractivity contribution in [2.75, 3.05) is 117 Å². The summed E-state index contributed by atoms with van der Waals surface area (Å²) in [5.74, 6) is 0. The summed E-state index contributed by atoms with van der Waals surface area (Å²) in [5, 5.41) is 29.9. The Morgan fingerprint density at radius 1 is 0.471 bits per heavy atom. The molecular formula is C69H84N12O4. The fourth-order valence-corrected chi connectivity index (χ4v) is 11.1. The molecular weight excluding hydrogens is 1060 g/mol. The molecule has 2 aromatic heterocycles. The molecule has 2 heterocycles. The van der Waals surface area contributed by atoms with Gasteiger partial charge in [0.1, 0.15) is 5.41 Å². The van der Waals surface area contributed by atoms with E-state index in [2.05, 4.69) is 205 Å². The molecule has 0 bridgehead atoms. The summed E-state index contributed by atoms with van der Waals surface area (Å²) in [5.41, 5.74) is 9.05. The van der Waals surface area contributed by atoms with Crippen LogP contribution in [0.2, 0.25) is 0 Å². The van der Waals surface area contributed by atoms with Crippen molar-refractivity contribution in [3.05, 3.63) is 221 Å². The van der Waals surface area contributed by atoms with E-state index in [1.807, 2.05) is 44.4 Å². The molecule has 8 rings (SSSR count). The van der Waals surface area contributed by atoms with Crippen LogP contribution in [-0.2, 0) is 5.41 Å². The second-order valence-corrected chi connectivity index (χ2v) is 21.8. The van der Waals surface area contributed by atoms with Crippen molar-refractivity contribution in [2.45, 2.75) is 65.7 Å². The predicted molar refractivity (Wildman–Crippen MR) is 354 cm³/mol. The lowest BCUT2D eigenvalue weighted by Gasteiger charge is -2.27. The summed E-state index contributed by atoms with van der Waals surface area (Å²) in [6, 6.07) is 47.9. The minimum Gasteiger partial charge on any atom is -0.378 e. The first-order chi connectivity index (χ1) is 41.3. The zero-order valence-electron chi connectivity index (χ0n) is 50.6. The molecule has 0 aliphatic rings. The molecule has 85 heavy (non-hydrogen) atoms. The van der Waals surface area contributed by atoms with E-state index in [1.165, 1.54) is 5.56 Å². The molecule has 0 spiro atoms. The maximum Gasteiger partial charge on any atom is 0.270 e. The highest BCUT2D eigenvalue weighted by Crippen LogP contribution is 2.37. The van der Waals surface area contributed by atoms with Gasteiger partial charge in [-0.05, 0) is 174 Å². The van der Waals surface area contributed by atoms with Crippen molar-refractivity contribution in [2.24, 2.45) is 0 Å². The third-order valence-electron chi connectivity index (χ3n) is 16.2. The number of aromatic nitrogens is 4. The summed E-state index contributed by atoms with van der Waals surface area (Å²) >= 11 is 0. The number of fused-ring (bicyclic) bond motifs is 2. The molecule has 0 amide bonds. The topological polar surface area (TPSA) is 195 Å². The third-order valence-corrected chi connectivity index (χ3v) is 16.2. The van der Waals surface area contributed by atoms with Crippen molar-refractivity contribution >= 4 is 55.6 Å². The Morgan fingerprint density at radius 3 is 1.26 bits per heavy atom. The number of nitriles is 1. The molecule has 0 aliphatic heterocycles. The van der Waals surface area contributed by atoms with Gasteiger partial charge in [0.15, 0.2) is 0 Å². The first-order valence-corrected chi connectivity index (χ1v) is 30.1. The van der Waals surface area contributed by atoms with Gasteiger partial charge in [-0.3, -0.25) is 39.6 Å². The normalized spacial score (nSPS) is 12.4. The molecule has 6 aromatic carbocycles. The molecule has 16 nitrogen and oxygen atoms in total. The van der Waals surface area contributed by atoms with E-state index in [1.54, 1.807) is 12.1 Å². The van der Waals surface area contributed by atoms with Crippen LogP contribution < -0.4 is 57.4 Å². The molecule has 0 saturated heterocycles. The first-order valence-electron chi connectivity index (χ1n) is 30.1. The highest BCUT2D eigenvalue weighted by Gasteiger charge is 2.32. The van der Waals surface area contributed by atoms with Crippen molar-refractivity contribution in [1.82, 2.24) is 31.0 Å². The molecule has 0 fully saturated rings. The highest BCUT2D eigenvalue weighted by molar-refractivity contribution is 5.85. The van der Waals surface area contributed by atoms with Gasteiger partial charge in [0.2, 0.25) is 0 Å². The van der Waals surface area contributed by atoms with E-state index >= 15 is 0 Å². The Kier molecular flexibility index (Phi) is 22.0. The second-order valence-electron chi connectivity index (χ2n) is 21.8. The number of aromatic amines is 4. The van der Waals surface area contributed by atoms with Crippen LogP contribution >= 0.6 is 0 Å². The maximum absolute atomic E-state index is 12.4. The zero-order valence-corrected chi connectivity index (χ0v) is 50.6. The van der Waals surface area contributed by atoms with Gasteiger partial charge in [-0.25, -0.2) is 0 Å². The van der Waals surface area contributed by atoms with Gasteiger partial charge >= 0.3 is 0 Å². The van der Waals surface area contributed by atoms with Gasteiger partial charge in [-0.2, -0.15) is 5.26 Å². The van der Waals surface area contributed by atoms with Crippen molar-refractivity contribution in [3.8, 4) is 6.07 Å². The first kappa shape index (κ1) is 62.1. The summed E-state index contributed by atoms with van der Waals surface area (Å²) in [7, 11) is 4.04. The van der Waals surface area contributed by atoms with Crippen LogP contribution in [0.1, 0.15) is 81.2 Å². The van der Waals surface area contributed by atoms with Gasteiger partial charge in [0.05, 0.1) is 27.6 Å². The molecule has 0 aliphatic carbocycles. The Balaban J connectivity index is 0.899. The fourth-order valence-electron chi connectivity index (χ4n) is 11.1. The molecule has 0 radical (unpaired) electrons. The summed E-state index contributed by atoms with van der Waals surface area (Å²) in [6.07, 6.45) is 10.2. The molecule has 444 valence electrons. The Morgan fingerprint density at radius 2 is 0.847 bits per heavy atom. The second kappa shape index (κ2) is 30.1. The van der Waals surface area contributed by atoms with E-state index in [0.29, 0.717) is 21.5 Å². The summed E-state index contributed by atoms with van der Waals surface area (Å²) < 4.78 is 0. The van der Waals surface area contributed by atoms with Crippen LogP contribution in [0.4, 0.5) is 28.4 Å². The fraction of sp³-hybridized carbons (Fsp3) is 0.348. The van der Waals surface area contributed by atoms with Gasteiger partial charge in [0, 0.05) is 108 Å². The number of allylic oxidation sites excluding steroid dienone is 3. The van der Waals surface area contributed by atoms with E-state index in [-0.39, 0.29) is 22.2 Å². The minimum absolute atomic E-state index is 0.298. The largest absolute Gasteiger partial charge is 0.378 e. The van der Waals surface area contributed by atoms with Gasteiger partial charge < -0.3 is 35.1 Å². The highest BCUT2D eigenvalue weighted by atomic mass is 16.2. The molecule has 16 heteroatoms. The Bertz CT molecular complexity index is 3800. The van der Waals surface area contributed by atoms with E-state index in [0.717, 1.165) is 160 Å². The number of anilines is 5. The minimum atomic E-state index is -1.09. The molecule has 0 saturated carbocycles. The molecule has 1 atom stereocenters. The average molecular weight is 1150 g/mol. The molecule has 8 aromatic rings. The van der Waals surface area contributed by atoms with E-state index in [4.69, 9.17) is 0 Å². The van der Waals surface area contributed by atoms with E-state index < -0.39 is 5.41 Å². The number of hydrogen-bond donors (Lipinski definition) is 6. The number of hydrogen-bond acceptors (Lipinski definition) is 12. The quantitative estimate of drug-likeness (QED) is 0.0178. The SMILES string of the molecule is CCN(CCCCNCCN(CC)c1ccc(C(=CC=CC(C#N)(c2ccc(N(C)C)cc2)c2ccc(N(CC)CCNCCCCN(CC)c3ccc4c(=O)[nH][nH]c(=O)c4c3)cc2)c2ccc(C)cc2)cc1)c1ccc2c(=O)[nH][nH]c(=O)c2c1. The van der Waals surface area contributed by atoms with Crippen molar-refractivity contribution in [1.29, 1.82) is 5.26 Å². The van der Waals surface area contributed by atoms with Crippen LogP contribution in [0.5, 0.6) is 0 Å². The van der Waals surface area contributed by atoms with Crippen LogP contribution in [-0.4, -0.2) is 113 Å². The van der Waals surface area contributed by atoms with Crippen LogP contribution in [0.3, 0.4) is 0 Å². The van der Waals surface area contributed by atoms with E-state index in [9.17, 15) is 24.4 Å². The number of benzene rings is 6. The molecule has 1 unspecified atom stereocenters. The number of unbranched alkanes of at least 4 members (excludes halogenated alkanes) is 2. The number of likely N-dealkylation sites (N-methyl/N-ethyl adjacent to an activating group) is 2. The lowest BCUT2D eigenvalue weighted by molar-refractivity contribution is 0.608. The number of rotatable bonds is 31. The lowest BCUT2D eigenvalue weighted by atomic mass is 9.75. The maximum atomic E-state index is 12.4. The van der Waals surface area contributed by atoms with Gasteiger partial charge in [0.25, 0.3) is 22.2 Å². The summed E-state index contributed by atoms with van der Waals surface area (Å²) in [6.45, 7) is 20.8.